The number of hydrogen-bond donors (Lipinski definition) is 1. The number of nitrogens with one attached hydrogen (secondary N) is 1. The topological polar surface area (TPSA) is 126 Å². The van der Waals surface area contributed by atoms with Crippen LogP contribution in [0.15, 0.2) is 18.2 Å². The number of ether oxygens (including phenoxy) is 1. The van der Waals surface area contributed by atoms with Gasteiger partial charge in [-0.1, -0.05) is 0 Å². The lowest BCUT2D eigenvalue weighted by Crippen LogP contribution is -2.40. The Labute approximate surface area is 132 Å². The monoisotopic (exact) mass is 320 g/mol. The molecule has 9 nitrogen and oxygen atoms in total. The predicted octanol–water partition coefficient (Wildman–Crippen LogP) is 1.57. The number of nitro groups is 1. The largest absolute Gasteiger partial charge is 0.450 e. The maximum Gasteiger partial charge on any atom is 0.413 e. The first-order chi connectivity index (χ1) is 10.9. The van der Waals surface area contributed by atoms with Gasteiger partial charge in [0.2, 0.25) is 5.91 Å². The summed E-state index contributed by atoms with van der Waals surface area (Å²) in [6.07, 6.45) is -0.849. The van der Waals surface area contributed by atoms with Crippen molar-refractivity contribution < 1.29 is 19.2 Å². The summed E-state index contributed by atoms with van der Waals surface area (Å²) in [5.74, 6) is -0.604. The van der Waals surface area contributed by atoms with Gasteiger partial charge >= 0.3 is 6.09 Å². The molecule has 0 heterocycles. The molecule has 0 aliphatic carbocycles. The minimum atomic E-state index is -0.849. The molecule has 2 amide bonds. The normalized spacial score (nSPS) is 9.61. The van der Waals surface area contributed by atoms with Gasteiger partial charge in [-0.05, 0) is 19.9 Å². The molecule has 0 aromatic heterocycles. The minimum absolute atomic E-state index is 0.0741. The Bertz CT molecular complexity index is 653. The lowest BCUT2D eigenvalue weighted by atomic mass is 10.1. The van der Waals surface area contributed by atoms with Crippen LogP contribution in [0, 0.1) is 21.4 Å². The third kappa shape index (κ3) is 4.96. The highest BCUT2D eigenvalue weighted by atomic mass is 16.6. The van der Waals surface area contributed by atoms with Crippen molar-refractivity contribution in [1.82, 2.24) is 5.32 Å². The number of rotatable bonds is 6. The van der Waals surface area contributed by atoms with Crippen molar-refractivity contribution in [3.05, 3.63) is 33.9 Å². The van der Waals surface area contributed by atoms with Crippen LogP contribution in [0.25, 0.3) is 0 Å². The van der Waals surface area contributed by atoms with Crippen molar-refractivity contribution in [3.63, 3.8) is 0 Å². The molecule has 0 saturated carbocycles. The van der Waals surface area contributed by atoms with Gasteiger partial charge in [-0.15, -0.1) is 0 Å². The summed E-state index contributed by atoms with van der Waals surface area (Å²) in [6.45, 7) is 3.67. The van der Waals surface area contributed by atoms with E-state index in [4.69, 9.17) is 5.26 Å². The van der Waals surface area contributed by atoms with Crippen LogP contribution in [0.3, 0.4) is 0 Å². The Morgan fingerprint density at radius 3 is 2.65 bits per heavy atom. The third-order valence-corrected chi connectivity index (χ3v) is 2.89. The van der Waals surface area contributed by atoms with Gasteiger partial charge in [0.05, 0.1) is 29.3 Å². The third-order valence-electron chi connectivity index (χ3n) is 2.89. The zero-order chi connectivity index (χ0) is 17.4. The maximum absolute atomic E-state index is 11.8. The van der Waals surface area contributed by atoms with Crippen molar-refractivity contribution in [1.29, 1.82) is 5.26 Å². The number of anilines is 1. The van der Waals surface area contributed by atoms with E-state index in [9.17, 15) is 19.7 Å². The number of nitro benzene ring substituents is 1. The quantitative estimate of drug-likeness (QED) is 0.622. The molecule has 1 N–H and O–H groups in total. The van der Waals surface area contributed by atoms with Gasteiger partial charge < -0.3 is 9.64 Å². The lowest BCUT2D eigenvalue weighted by molar-refractivity contribution is -0.384. The standard InChI is InChI=1S/C14H16N4O5/c1-3-17(9-13(19)16-14(20)23-4-2)12-6-5-11(18(21)22)7-10(12)8-15/h5-7H,3-4,9H2,1-2H3,(H,16,19,20). The number of alkyl carbamates (subject to hydrolysis) is 1. The zero-order valence-electron chi connectivity index (χ0n) is 12.7. The van der Waals surface area contributed by atoms with E-state index in [0.29, 0.717) is 12.2 Å². The fourth-order valence-corrected chi connectivity index (χ4v) is 1.86. The predicted molar refractivity (Wildman–Crippen MR) is 80.9 cm³/mol. The summed E-state index contributed by atoms with van der Waals surface area (Å²) < 4.78 is 4.60. The van der Waals surface area contributed by atoms with Crippen LogP contribution in [0.5, 0.6) is 0 Å². The van der Waals surface area contributed by atoms with Crippen molar-refractivity contribution in [2.75, 3.05) is 24.6 Å². The van der Waals surface area contributed by atoms with E-state index >= 15 is 0 Å². The van der Waals surface area contributed by atoms with E-state index in [-0.39, 0.29) is 24.4 Å². The molecule has 0 radical (unpaired) electrons. The Balaban J connectivity index is 2.93. The first-order valence-electron chi connectivity index (χ1n) is 6.83. The van der Waals surface area contributed by atoms with Crippen molar-refractivity contribution in [2.24, 2.45) is 0 Å². The van der Waals surface area contributed by atoms with Gasteiger partial charge in [-0.3, -0.25) is 20.2 Å². The highest BCUT2D eigenvalue weighted by molar-refractivity contribution is 5.94. The highest BCUT2D eigenvalue weighted by Crippen LogP contribution is 2.24. The molecule has 9 heteroatoms. The summed E-state index contributed by atoms with van der Waals surface area (Å²) in [5, 5.41) is 21.9. The van der Waals surface area contributed by atoms with Crippen molar-refractivity contribution in [2.45, 2.75) is 13.8 Å². The van der Waals surface area contributed by atoms with Crippen LogP contribution in [-0.4, -0.2) is 36.6 Å². The van der Waals surface area contributed by atoms with E-state index in [0.717, 1.165) is 6.07 Å². The molecule has 23 heavy (non-hydrogen) atoms. The zero-order valence-corrected chi connectivity index (χ0v) is 12.7. The van der Waals surface area contributed by atoms with Gasteiger partial charge in [0.25, 0.3) is 5.69 Å². The first kappa shape index (κ1) is 17.9. The summed E-state index contributed by atoms with van der Waals surface area (Å²) in [6, 6.07) is 5.66. The molecule has 0 bridgehead atoms. The van der Waals surface area contributed by atoms with E-state index < -0.39 is 16.9 Å². The lowest BCUT2D eigenvalue weighted by Gasteiger charge is -2.23. The number of amides is 2. The summed E-state index contributed by atoms with van der Waals surface area (Å²) in [5.41, 5.74) is 0.238. The number of imide groups is 1. The number of nitriles is 1. The summed E-state index contributed by atoms with van der Waals surface area (Å²) in [7, 11) is 0. The number of likely N-dealkylation sites (N-methyl/N-ethyl adjacent to an activating group) is 1. The van der Waals surface area contributed by atoms with E-state index in [1.807, 2.05) is 11.4 Å². The highest BCUT2D eigenvalue weighted by Gasteiger charge is 2.18. The molecule has 0 spiro atoms. The Kier molecular flexibility index (Phi) is 6.48. The molecule has 0 aliphatic rings. The number of carbonyl (C=O) groups excluding carboxylic acids is 2. The number of benzene rings is 1. The first-order valence-corrected chi connectivity index (χ1v) is 6.83. The molecule has 1 aromatic carbocycles. The van der Waals surface area contributed by atoms with Crippen molar-refractivity contribution >= 4 is 23.4 Å². The van der Waals surface area contributed by atoms with Crippen LogP contribution < -0.4 is 10.2 Å². The van der Waals surface area contributed by atoms with Gasteiger partial charge in [0, 0.05) is 18.7 Å². The van der Waals surface area contributed by atoms with E-state index in [1.54, 1.807) is 13.8 Å². The molecule has 0 saturated heterocycles. The van der Waals surface area contributed by atoms with Crippen LogP contribution in [0.2, 0.25) is 0 Å². The SMILES string of the molecule is CCOC(=O)NC(=O)CN(CC)c1ccc([N+](=O)[O-])cc1C#N. The molecular weight excluding hydrogens is 304 g/mol. The second-order valence-corrected chi connectivity index (χ2v) is 4.35. The van der Waals surface area contributed by atoms with Gasteiger partial charge in [0.1, 0.15) is 6.07 Å². The van der Waals surface area contributed by atoms with E-state index in [1.165, 1.54) is 17.0 Å². The van der Waals surface area contributed by atoms with Crippen LogP contribution >= 0.6 is 0 Å². The average Bonchev–Trinajstić information content (AvgIpc) is 2.52. The van der Waals surface area contributed by atoms with E-state index in [2.05, 4.69) is 4.74 Å². The molecule has 0 unspecified atom stereocenters. The molecule has 0 atom stereocenters. The summed E-state index contributed by atoms with van der Waals surface area (Å²) in [4.78, 5) is 34.7. The average molecular weight is 320 g/mol. The molecule has 0 fully saturated rings. The number of non-ortho nitro benzene ring substituents is 1. The molecule has 0 aliphatic heterocycles. The van der Waals surface area contributed by atoms with Gasteiger partial charge in [-0.25, -0.2) is 4.79 Å². The Morgan fingerprint density at radius 2 is 2.13 bits per heavy atom. The Hall–Kier alpha value is -3.15. The van der Waals surface area contributed by atoms with Crippen LogP contribution in [0.4, 0.5) is 16.2 Å². The number of carbonyl (C=O) groups is 2. The van der Waals surface area contributed by atoms with Crippen molar-refractivity contribution in [3.8, 4) is 6.07 Å². The number of hydrogen-bond acceptors (Lipinski definition) is 7. The Morgan fingerprint density at radius 1 is 1.43 bits per heavy atom. The summed E-state index contributed by atoms with van der Waals surface area (Å²) >= 11 is 0. The fourth-order valence-electron chi connectivity index (χ4n) is 1.86. The molecule has 122 valence electrons. The smallest absolute Gasteiger partial charge is 0.413 e. The second kappa shape index (κ2) is 8.33. The second-order valence-electron chi connectivity index (χ2n) is 4.35. The number of nitrogens with zero attached hydrogens (tertiary/aromatic N) is 3. The van der Waals surface area contributed by atoms with Gasteiger partial charge in [0.15, 0.2) is 0 Å². The van der Waals surface area contributed by atoms with Gasteiger partial charge in [-0.2, -0.15) is 5.26 Å². The fraction of sp³-hybridized carbons (Fsp3) is 0.357. The maximum atomic E-state index is 11.8. The van der Waals surface area contributed by atoms with Crippen LogP contribution in [-0.2, 0) is 9.53 Å². The molecule has 1 aromatic rings. The minimum Gasteiger partial charge on any atom is -0.450 e. The van der Waals surface area contributed by atoms with Crippen LogP contribution in [0.1, 0.15) is 19.4 Å². The molecular formula is C14H16N4O5. The molecule has 1 rings (SSSR count).